The van der Waals surface area contributed by atoms with Crippen LogP contribution in [0.1, 0.15) is 38.8 Å². The van der Waals surface area contributed by atoms with Crippen molar-refractivity contribution in [2.75, 3.05) is 25.0 Å². The summed E-state index contributed by atoms with van der Waals surface area (Å²) in [4.78, 5) is 2.16. The number of nitrogens with zero attached hydrogens (tertiary/aromatic N) is 1. The van der Waals surface area contributed by atoms with Gasteiger partial charge in [-0.15, -0.1) is 0 Å². The van der Waals surface area contributed by atoms with Gasteiger partial charge in [-0.3, -0.25) is 0 Å². The van der Waals surface area contributed by atoms with Crippen molar-refractivity contribution in [3.05, 3.63) is 29.6 Å². The molecular weight excluding hydrogens is 227 g/mol. The van der Waals surface area contributed by atoms with E-state index in [-0.39, 0.29) is 11.9 Å². The fourth-order valence-corrected chi connectivity index (χ4v) is 2.53. The van der Waals surface area contributed by atoms with E-state index in [0.717, 1.165) is 30.8 Å². The molecule has 0 radical (unpaired) electrons. The molecule has 3 heteroatoms. The largest absolute Gasteiger partial charge is 0.369 e. The van der Waals surface area contributed by atoms with E-state index in [1.807, 2.05) is 26.1 Å². The summed E-state index contributed by atoms with van der Waals surface area (Å²) in [5.74, 6) is -0.104. The Kier molecular flexibility index (Phi) is 3.62. The summed E-state index contributed by atoms with van der Waals surface area (Å²) < 4.78 is 14.2. The molecule has 100 valence electrons. The number of halogens is 1. The Labute approximate surface area is 109 Å². The molecule has 1 fully saturated rings. The highest BCUT2D eigenvalue weighted by Crippen LogP contribution is 2.34. The highest BCUT2D eigenvalue weighted by Gasteiger charge is 2.30. The van der Waals surface area contributed by atoms with Crippen molar-refractivity contribution in [3.63, 3.8) is 0 Å². The smallest absolute Gasteiger partial charge is 0.146 e. The number of benzene rings is 1. The molecule has 1 atom stereocenters. The van der Waals surface area contributed by atoms with Crippen molar-refractivity contribution < 1.29 is 4.39 Å². The first-order chi connectivity index (χ1) is 8.43. The lowest BCUT2D eigenvalue weighted by atomic mass is 9.93. The van der Waals surface area contributed by atoms with Crippen molar-refractivity contribution in [1.82, 2.24) is 5.32 Å². The second kappa shape index (κ2) is 4.88. The molecule has 0 spiro atoms. The summed E-state index contributed by atoms with van der Waals surface area (Å²) in [7, 11) is 1.89. The lowest BCUT2D eigenvalue weighted by molar-refractivity contribution is 0.418. The van der Waals surface area contributed by atoms with Gasteiger partial charge in [0, 0.05) is 19.1 Å². The van der Waals surface area contributed by atoms with Gasteiger partial charge in [-0.1, -0.05) is 19.9 Å². The van der Waals surface area contributed by atoms with Crippen LogP contribution in [0, 0.1) is 11.2 Å². The molecule has 1 aliphatic heterocycles. The quantitative estimate of drug-likeness (QED) is 0.885. The lowest BCUT2D eigenvalue weighted by Crippen LogP contribution is -2.23. The number of rotatable bonds is 3. The van der Waals surface area contributed by atoms with Crippen LogP contribution in [-0.2, 0) is 0 Å². The Hall–Kier alpha value is -1.09. The fourth-order valence-electron chi connectivity index (χ4n) is 2.53. The van der Waals surface area contributed by atoms with Crippen LogP contribution in [0.15, 0.2) is 18.2 Å². The highest BCUT2D eigenvalue weighted by atomic mass is 19.1. The van der Waals surface area contributed by atoms with Gasteiger partial charge < -0.3 is 10.2 Å². The number of hydrogen-bond donors (Lipinski definition) is 1. The van der Waals surface area contributed by atoms with E-state index in [1.165, 1.54) is 0 Å². The summed E-state index contributed by atoms with van der Waals surface area (Å²) in [5, 5.41) is 3.13. The summed E-state index contributed by atoms with van der Waals surface area (Å²) >= 11 is 0. The Bertz CT molecular complexity index is 429. The minimum atomic E-state index is -0.104. The van der Waals surface area contributed by atoms with E-state index in [2.05, 4.69) is 24.1 Å². The van der Waals surface area contributed by atoms with E-state index in [0.29, 0.717) is 5.41 Å². The van der Waals surface area contributed by atoms with Gasteiger partial charge in [0.15, 0.2) is 0 Å². The Morgan fingerprint density at radius 3 is 2.61 bits per heavy atom. The first-order valence-corrected chi connectivity index (χ1v) is 6.64. The summed E-state index contributed by atoms with van der Waals surface area (Å²) in [6.45, 7) is 8.40. The van der Waals surface area contributed by atoms with Crippen LogP contribution < -0.4 is 10.2 Å². The van der Waals surface area contributed by atoms with Gasteiger partial charge in [-0.25, -0.2) is 4.39 Å². The molecule has 2 rings (SSSR count). The standard InChI is InChI=1S/C15H23FN2/c1-11(17-4)12-5-6-14(13(16)9-12)18-8-7-15(2,3)10-18/h5-6,9,11,17H,7-8,10H2,1-4H3. The summed E-state index contributed by atoms with van der Waals surface area (Å²) in [5.41, 5.74) is 2.04. The zero-order valence-corrected chi connectivity index (χ0v) is 11.8. The second-order valence-corrected chi connectivity index (χ2v) is 6.06. The zero-order valence-electron chi connectivity index (χ0n) is 11.8. The van der Waals surface area contributed by atoms with Gasteiger partial charge in [-0.2, -0.15) is 0 Å². The molecule has 1 aliphatic rings. The first-order valence-electron chi connectivity index (χ1n) is 6.64. The molecule has 18 heavy (non-hydrogen) atoms. The molecule has 1 N–H and O–H groups in total. The van der Waals surface area contributed by atoms with Crippen LogP contribution in [0.4, 0.5) is 10.1 Å². The topological polar surface area (TPSA) is 15.3 Å². The third-order valence-corrected chi connectivity index (χ3v) is 3.92. The van der Waals surface area contributed by atoms with Gasteiger partial charge in [-0.05, 0) is 43.5 Å². The number of hydrogen-bond acceptors (Lipinski definition) is 2. The molecular formula is C15H23FN2. The molecule has 0 aliphatic carbocycles. The molecule has 1 unspecified atom stereocenters. The molecule has 1 aromatic rings. The predicted molar refractivity (Wildman–Crippen MR) is 74.5 cm³/mol. The van der Waals surface area contributed by atoms with Crippen molar-refractivity contribution in [3.8, 4) is 0 Å². The summed E-state index contributed by atoms with van der Waals surface area (Å²) in [6.07, 6.45) is 1.13. The van der Waals surface area contributed by atoms with Gasteiger partial charge in [0.1, 0.15) is 5.82 Å². The third kappa shape index (κ3) is 2.66. The predicted octanol–water partition coefficient (Wildman–Crippen LogP) is 3.34. The van der Waals surface area contributed by atoms with Crippen LogP contribution >= 0.6 is 0 Å². The van der Waals surface area contributed by atoms with Crippen LogP contribution in [0.5, 0.6) is 0 Å². The van der Waals surface area contributed by atoms with E-state index < -0.39 is 0 Å². The minimum Gasteiger partial charge on any atom is -0.369 e. The van der Waals surface area contributed by atoms with Crippen LogP contribution in [-0.4, -0.2) is 20.1 Å². The Morgan fingerprint density at radius 1 is 1.39 bits per heavy atom. The molecule has 1 aromatic carbocycles. The molecule has 0 aromatic heterocycles. The van der Waals surface area contributed by atoms with E-state index in [1.54, 1.807) is 6.07 Å². The monoisotopic (exact) mass is 250 g/mol. The van der Waals surface area contributed by atoms with Crippen LogP contribution in [0.25, 0.3) is 0 Å². The van der Waals surface area contributed by atoms with Gasteiger partial charge in [0.25, 0.3) is 0 Å². The fraction of sp³-hybridized carbons (Fsp3) is 0.600. The van der Waals surface area contributed by atoms with Crippen molar-refractivity contribution in [1.29, 1.82) is 0 Å². The molecule has 0 bridgehead atoms. The Balaban J connectivity index is 2.20. The number of anilines is 1. The third-order valence-electron chi connectivity index (χ3n) is 3.92. The van der Waals surface area contributed by atoms with Crippen molar-refractivity contribution >= 4 is 5.69 Å². The van der Waals surface area contributed by atoms with Crippen molar-refractivity contribution in [2.24, 2.45) is 5.41 Å². The first kappa shape index (κ1) is 13.3. The maximum absolute atomic E-state index is 14.2. The summed E-state index contributed by atoms with van der Waals surface area (Å²) in [6, 6.07) is 5.77. The molecule has 1 saturated heterocycles. The zero-order chi connectivity index (χ0) is 13.3. The normalized spacial score (nSPS) is 20.2. The SMILES string of the molecule is CNC(C)c1ccc(N2CCC(C)(C)C2)c(F)c1. The van der Waals surface area contributed by atoms with Crippen molar-refractivity contribution in [2.45, 2.75) is 33.2 Å². The number of nitrogens with one attached hydrogen (secondary N) is 1. The van der Waals surface area contributed by atoms with Crippen LogP contribution in [0.2, 0.25) is 0 Å². The van der Waals surface area contributed by atoms with E-state index in [9.17, 15) is 4.39 Å². The average molecular weight is 250 g/mol. The average Bonchev–Trinajstić information content (AvgIpc) is 2.68. The van der Waals surface area contributed by atoms with Crippen LogP contribution in [0.3, 0.4) is 0 Å². The Morgan fingerprint density at radius 2 is 2.11 bits per heavy atom. The molecule has 0 amide bonds. The van der Waals surface area contributed by atoms with E-state index >= 15 is 0 Å². The van der Waals surface area contributed by atoms with Gasteiger partial charge in [0.05, 0.1) is 5.69 Å². The maximum Gasteiger partial charge on any atom is 0.146 e. The minimum absolute atomic E-state index is 0.104. The highest BCUT2D eigenvalue weighted by molar-refractivity contribution is 5.50. The van der Waals surface area contributed by atoms with E-state index in [4.69, 9.17) is 0 Å². The second-order valence-electron chi connectivity index (χ2n) is 6.06. The molecule has 2 nitrogen and oxygen atoms in total. The molecule has 0 saturated carbocycles. The van der Waals surface area contributed by atoms with Gasteiger partial charge >= 0.3 is 0 Å². The van der Waals surface area contributed by atoms with Gasteiger partial charge in [0.2, 0.25) is 0 Å². The molecule has 1 heterocycles. The lowest BCUT2D eigenvalue weighted by Gasteiger charge is -2.23. The maximum atomic E-state index is 14.2.